The van der Waals surface area contributed by atoms with Gasteiger partial charge >= 0.3 is 0 Å². The fraction of sp³-hybridized carbons (Fsp3) is 0. The van der Waals surface area contributed by atoms with Crippen molar-refractivity contribution in [2.45, 2.75) is 0 Å². The van der Waals surface area contributed by atoms with Crippen molar-refractivity contribution < 1.29 is 0 Å². The molecule has 0 aliphatic carbocycles. The highest BCUT2D eigenvalue weighted by atomic mass is 79.9. The van der Waals surface area contributed by atoms with Crippen molar-refractivity contribution in [2.24, 2.45) is 0 Å². The minimum Gasteiger partial charge on any atom is -0.396 e. The molecular weight excluding hydrogens is 262 g/mol. The molecule has 1 heterocycles. The first-order valence-corrected chi connectivity index (χ1v) is 5.00. The molecule has 0 radical (unpaired) electrons. The zero-order valence-corrected chi connectivity index (χ0v) is 8.87. The molecule has 0 saturated heterocycles. The van der Waals surface area contributed by atoms with E-state index in [0.29, 0.717) is 10.7 Å². The SMILES string of the molecule is Nc1c(Cl)cc(Br)c2nnsc12. The number of hydrogen-bond donors (Lipinski definition) is 1. The van der Waals surface area contributed by atoms with Crippen molar-refractivity contribution in [3.05, 3.63) is 15.6 Å². The maximum absolute atomic E-state index is 5.85. The number of nitrogen functional groups attached to an aromatic ring is 1. The number of nitrogens with zero attached hydrogens (tertiary/aromatic N) is 2. The Morgan fingerprint density at radius 1 is 1.58 bits per heavy atom. The Kier molecular flexibility index (Phi) is 1.94. The van der Waals surface area contributed by atoms with Crippen LogP contribution in [0.1, 0.15) is 0 Å². The average Bonchev–Trinajstić information content (AvgIpc) is 2.48. The Bertz CT molecular complexity index is 442. The maximum Gasteiger partial charge on any atom is 0.122 e. The number of aromatic nitrogens is 2. The summed E-state index contributed by atoms with van der Waals surface area (Å²) in [7, 11) is 0. The number of anilines is 1. The second-order valence-corrected chi connectivity index (χ2v) is 4.22. The molecule has 12 heavy (non-hydrogen) atoms. The van der Waals surface area contributed by atoms with Gasteiger partial charge in [-0.2, -0.15) is 0 Å². The van der Waals surface area contributed by atoms with Crippen molar-refractivity contribution in [1.82, 2.24) is 9.59 Å². The molecule has 3 nitrogen and oxygen atoms in total. The van der Waals surface area contributed by atoms with Gasteiger partial charge in [-0.25, -0.2) is 0 Å². The Hall–Kier alpha value is -0.390. The molecule has 0 bridgehead atoms. The molecule has 62 valence electrons. The molecule has 0 aliphatic rings. The molecule has 0 aliphatic heterocycles. The lowest BCUT2D eigenvalue weighted by Crippen LogP contribution is -1.86. The van der Waals surface area contributed by atoms with Crippen LogP contribution >= 0.6 is 39.1 Å². The number of fused-ring (bicyclic) bond motifs is 1. The molecular formula is C6H3BrClN3S. The van der Waals surface area contributed by atoms with Gasteiger partial charge in [0.1, 0.15) is 10.2 Å². The van der Waals surface area contributed by atoms with Crippen LogP contribution in [0.2, 0.25) is 5.02 Å². The minimum absolute atomic E-state index is 0.528. The second-order valence-electron chi connectivity index (χ2n) is 2.20. The molecule has 2 N–H and O–H groups in total. The van der Waals surface area contributed by atoms with Crippen molar-refractivity contribution >= 4 is 55.0 Å². The number of rotatable bonds is 0. The predicted molar refractivity (Wildman–Crippen MR) is 54.5 cm³/mol. The fourth-order valence-electron chi connectivity index (χ4n) is 0.889. The van der Waals surface area contributed by atoms with Gasteiger partial charge in [0, 0.05) is 4.47 Å². The van der Waals surface area contributed by atoms with E-state index in [4.69, 9.17) is 17.3 Å². The van der Waals surface area contributed by atoms with E-state index in [1.807, 2.05) is 0 Å². The van der Waals surface area contributed by atoms with Crippen molar-refractivity contribution in [2.75, 3.05) is 5.73 Å². The smallest absolute Gasteiger partial charge is 0.122 e. The van der Waals surface area contributed by atoms with Gasteiger partial charge in [0.05, 0.1) is 10.7 Å². The fourth-order valence-corrected chi connectivity index (χ4v) is 2.57. The first kappa shape index (κ1) is 8.22. The van der Waals surface area contributed by atoms with E-state index in [-0.39, 0.29) is 0 Å². The van der Waals surface area contributed by atoms with E-state index in [9.17, 15) is 0 Å². The molecule has 0 amide bonds. The first-order valence-electron chi connectivity index (χ1n) is 3.05. The van der Waals surface area contributed by atoms with Gasteiger partial charge in [-0.3, -0.25) is 0 Å². The molecule has 0 saturated carbocycles. The Morgan fingerprint density at radius 3 is 3.08 bits per heavy atom. The van der Waals surface area contributed by atoms with Crippen LogP contribution in [0.4, 0.5) is 5.69 Å². The van der Waals surface area contributed by atoms with Crippen molar-refractivity contribution in [3.8, 4) is 0 Å². The topological polar surface area (TPSA) is 51.8 Å². The molecule has 0 atom stereocenters. The van der Waals surface area contributed by atoms with E-state index in [1.165, 1.54) is 11.5 Å². The van der Waals surface area contributed by atoms with Crippen LogP contribution in [0.25, 0.3) is 10.2 Å². The van der Waals surface area contributed by atoms with E-state index in [0.717, 1.165) is 14.7 Å². The lowest BCUT2D eigenvalue weighted by atomic mass is 10.3. The van der Waals surface area contributed by atoms with Gasteiger partial charge in [-0.15, -0.1) is 5.10 Å². The summed E-state index contributed by atoms with van der Waals surface area (Å²) in [5.41, 5.74) is 7.02. The first-order chi connectivity index (χ1) is 5.70. The van der Waals surface area contributed by atoms with Crippen LogP contribution in [0.5, 0.6) is 0 Å². The number of halogens is 2. The predicted octanol–water partition coefficient (Wildman–Crippen LogP) is 2.69. The normalized spacial score (nSPS) is 10.8. The molecule has 0 spiro atoms. The van der Waals surface area contributed by atoms with Gasteiger partial charge in [-0.05, 0) is 33.5 Å². The van der Waals surface area contributed by atoms with Gasteiger partial charge in [-0.1, -0.05) is 16.1 Å². The summed E-state index contributed by atoms with van der Waals surface area (Å²) in [6, 6.07) is 1.72. The summed E-state index contributed by atoms with van der Waals surface area (Å²) >= 11 is 10.4. The largest absolute Gasteiger partial charge is 0.396 e. The Labute approximate surface area is 85.8 Å². The zero-order valence-electron chi connectivity index (χ0n) is 5.71. The van der Waals surface area contributed by atoms with Crippen LogP contribution < -0.4 is 5.73 Å². The minimum atomic E-state index is 0.528. The van der Waals surface area contributed by atoms with Crippen LogP contribution in [0, 0.1) is 0 Å². The summed E-state index contributed by atoms with van der Waals surface area (Å²) < 4.78 is 5.44. The van der Waals surface area contributed by atoms with Crippen LogP contribution in [-0.4, -0.2) is 9.59 Å². The third-order valence-electron chi connectivity index (χ3n) is 1.47. The molecule has 2 aromatic rings. The van der Waals surface area contributed by atoms with Gasteiger partial charge in [0.15, 0.2) is 0 Å². The third kappa shape index (κ3) is 1.09. The lowest BCUT2D eigenvalue weighted by Gasteiger charge is -1.98. The lowest BCUT2D eigenvalue weighted by molar-refractivity contribution is 1.19. The van der Waals surface area contributed by atoms with Gasteiger partial charge in [0.25, 0.3) is 0 Å². The number of nitrogens with two attached hydrogens (primary N) is 1. The van der Waals surface area contributed by atoms with E-state index >= 15 is 0 Å². The van der Waals surface area contributed by atoms with Gasteiger partial charge < -0.3 is 5.73 Å². The average molecular weight is 265 g/mol. The highest BCUT2D eigenvalue weighted by Gasteiger charge is 2.09. The Balaban J connectivity index is 2.97. The summed E-state index contributed by atoms with van der Waals surface area (Å²) in [4.78, 5) is 0. The molecule has 1 aromatic carbocycles. The standard InChI is InChI=1S/C6H3BrClN3S/c7-2-1-3(8)4(9)6-5(2)10-11-12-6/h1H,9H2. The van der Waals surface area contributed by atoms with Crippen LogP contribution in [-0.2, 0) is 0 Å². The van der Waals surface area contributed by atoms with Crippen molar-refractivity contribution in [1.29, 1.82) is 0 Å². The van der Waals surface area contributed by atoms with Crippen LogP contribution in [0.15, 0.2) is 10.5 Å². The number of hydrogen-bond acceptors (Lipinski definition) is 4. The third-order valence-corrected chi connectivity index (χ3v) is 3.15. The zero-order chi connectivity index (χ0) is 8.72. The molecule has 6 heteroatoms. The second kappa shape index (κ2) is 2.83. The van der Waals surface area contributed by atoms with E-state index < -0.39 is 0 Å². The summed E-state index contributed by atoms with van der Waals surface area (Å²) in [5.74, 6) is 0. The maximum atomic E-state index is 5.85. The van der Waals surface area contributed by atoms with E-state index in [2.05, 4.69) is 25.5 Å². The molecule has 1 aromatic heterocycles. The van der Waals surface area contributed by atoms with Crippen molar-refractivity contribution in [3.63, 3.8) is 0 Å². The summed E-state index contributed by atoms with van der Waals surface area (Å²) in [5, 5.41) is 4.43. The monoisotopic (exact) mass is 263 g/mol. The molecule has 2 rings (SSSR count). The molecule has 0 unspecified atom stereocenters. The van der Waals surface area contributed by atoms with E-state index in [1.54, 1.807) is 6.07 Å². The van der Waals surface area contributed by atoms with Crippen LogP contribution in [0.3, 0.4) is 0 Å². The highest BCUT2D eigenvalue weighted by molar-refractivity contribution is 9.10. The Morgan fingerprint density at radius 2 is 2.33 bits per heavy atom. The summed E-state index contributed by atoms with van der Waals surface area (Å²) in [6.07, 6.45) is 0. The highest BCUT2D eigenvalue weighted by Crippen LogP contribution is 2.34. The van der Waals surface area contributed by atoms with Gasteiger partial charge in [0.2, 0.25) is 0 Å². The summed E-state index contributed by atoms with van der Waals surface area (Å²) in [6.45, 7) is 0. The molecule has 0 fully saturated rings. The quantitative estimate of drug-likeness (QED) is 0.744. The number of benzene rings is 1.